The molecule has 0 saturated heterocycles. The molecule has 8 heteroatoms. The molecule has 2 aromatic heterocycles. The number of hydrogen-bond donors (Lipinski definition) is 1. The first-order valence-corrected chi connectivity index (χ1v) is 8.81. The number of amides is 1. The van der Waals surface area contributed by atoms with E-state index >= 15 is 0 Å². The Labute approximate surface area is 161 Å². The topological polar surface area (TPSA) is 90.5 Å². The molecule has 0 radical (unpaired) electrons. The molecule has 140 valence electrons. The summed E-state index contributed by atoms with van der Waals surface area (Å²) in [5.41, 5.74) is 3.15. The summed E-state index contributed by atoms with van der Waals surface area (Å²) in [6, 6.07) is 14.9. The Hall–Kier alpha value is -3.81. The smallest absolute Gasteiger partial charge is 0.255 e. The summed E-state index contributed by atoms with van der Waals surface area (Å²) in [4.78, 5) is 18.4. The Balaban J connectivity index is 1.52. The van der Waals surface area contributed by atoms with Gasteiger partial charge in [-0.15, -0.1) is 10.2 Å². The first-order chi connectivity index (χ1) is 13.6. The summed E-state index contributed by atoms with van der Waals surface area (Å²) in [7, 11) is 1.71. The van der Waals surface area contributed by atoms with E-state index in [0.717, 1.165) is 22.6 Å². The number of anilines is 1. The number of para-hydroxylation sites is 1. The molecule has 4 rings (SSSR count). The Morgan fingerprint density at radius 1 is 1.11 bits per heavy atom. The summed E-state index contributed by atoms with van der Waals surface area (Å²) in [6.45, 7) is 2.59. The van der Waals surface area contributed by atoms with Gasteiger partial charge in [-0.3, -0.25) is 4.79 Å². The monoisotopic (exact) mass is 373 g/mol. The largest absolute Gasteiger partial charge is 0.331 e. The minimum absolute atomic E-state index is 0.173. The van der Waals surface area contributed by atoms with Gasteiger partial charge in [0.25, 0.3) is 5.91 Å². The van der Waals surface area contributed by atoms with Crippen LogP contribution in [-0.4, -0.2) is 35.7 Å². The Morgan fingerprint density at radius 3 is 2.57 bits per heavy atom. The lowest BCUT2D eigenvalue weighted by molar-refractivity contribution is 0.102. The normalized spacial score (nSPS) is 10.8. The molecule has 2 heterocycles. The van der Waals surface area contributed by atoms with Crippen LogP contribution in [0.15, 0.2) is 60.9 Å². The molecule has 0 aliphatic rings. The number of aryl methyl sites for hydroxylation is 2. The maximum atomic E-state index is 12.7. The summed E-state index contributed by atoms with van der Waals surface area (Å²) in [6.07, 6.45) is 3.69. The number of carbonyl (C=O) groups excluding carboxylic acids is 1. The van der Waals surface area contributed by atoms with E-state index < -0.39 is 0 Å². The number of nitrogens with zero attached hydrogens (tertiary/aromatic N) is 6. The zero-order valence-corrected chi connectivity index (χ0v) is 15.6. The third-order valence-electron chi connectivity index (χ3n) is 4.44. The van der Waals surface area contributed by atoms with E-state index in [0.29, 0.717) is 17.9 Å². The summed E-state index contributed by atoms with van der Waals surface area (Å²) in [5.74, 6) is 1.28. The first kappa shape index (κ1) is 17.6. The van der Waals surface area contributed by atoms with Gasteiger partial charge in [-0.25, -0.2) is 4.98 Å². The van der Waals surface area contributed by atoms with Crippen molar-refractivity contribution in [2.24, 2.45) is 7.05 Å². The second-order valence-corrected chi connectivity index (χ2v) is 6.39. The number of aromatic nitrogens is 6. The second-order valence-electron chi connectivity index (χ2n) is 6.39. The van der Waals surface area contributed by atoms with Gasteiger partial charge >= 0.3 is 0 Å². The van der Waals surface area contributed by atoms with Gasteiger partial charge in [0, 0.05) is 29.2 Å². The molecule has 28 heavy (non-hydrogen) atoms. The molecule has 2 aromatic carbocycles. The second kappa shape index (κ2) is 7.43. The predicted octanol–water partition coefficient (Wildman–Crippen LogP) is 2.68. The van der Waals surface area contributed by atoms with E-state index in [9.17, 15) is 4.79 Å². The SMILES string of the molecule is Cc1nccn1Cc1ccccc1NC(=O)c1ccc(-c2nnn(C)n2)cc1. The van der Waals surface area contributed by atoms with Gasteiger partial charge in [0.1, 0.15) is 5.82 Å². The van der Waals surface area contributed by atoms with E-state index in [4.69, 9.17) is 0 Å². The van der Waals surface area contributed by atoms with Gasteiger partial charge in [0.15, 0.2) is 0 Å². The van der Waals surface area contributed by atoms with Crippen molar-refractivity contribution in [3.05, 3.63) is 77.9 Å². The van der Waals surface area contributed by atoms with Crippen molar-refractivity contribution in [2.45, 2.75) is 13.5 Å². The summed E-state index contributed by atoms with van der Waals surface area (Å²) in [5, 5.41) is 15.0. The fourth-order valence-electron chi connectivity index (χ4n) is 2.90. The highest BCUT2D eigenvalue weighted by Crippen LogP contribution is 2.19. The highest BCUT2D eigenvalue weighted by Gasteiger charge is 2.11. The van der Waals surface area contributed by atoms with Crippen LogP contribution in [0.5, 0.6) is 0 Å². The van der Waals surface area contributed by atoms with Crippen molar-refractivity contribution in [3.63, 3.8) is 0 Å². The fourth-order valence-corrected chi connectivity index (χ4v) is 2.90. The van der Waals surface area contributed by atoms with Crippen LogP contribution in [0, 0.1) is 6.92 Å². The molecule has 0 aliphatic heterocycles. The Kier molecular flexibility index (Phi) is 4.67. The van der Waals surface area contributed by atoms with E-state index in [-0.39, 0.29) is 5.91 Å². The maximum absolute atomic E-state index is 12.7. The van der Waals surface area contributed by atoms with E-state index in [1.165, 1.54) is 4.80 Å². The van der Waals surface area contributed by atoms with Gasteiger partial charge in [0.2, 0.25) is 5.82 Å². The van der Waals surface area contributed by atoms with Crippen LogP contribution in [0.1, 0.15) is 21.7 Å². The van der Waals surface area contributed by atoms with Crippen LogP contribution in [0.25, 0.3) is 11.4 Å². The third-order valence-corrected chi connectivity index (χ3v) is 4.44. The first-order valence-electron chi connectivity index (χ1n) is 8.81. The van der Waals surface area contributed by atoms with Crippen LogP contribution in [0.2, 0.25) is 0 Å². The summed E-state index contributed by atoms with van der Waals surface area (Å²) < 4.78 is 2.04. The van der Waals surface area contributed by atoms with Crippen LogP contribution >= 0.6 is 0 Å². The number of hydrogen-bond acceptors (Lipinski definition) is 5. The van der Waals surface area contributed by atoms with Gasteiger partial charge in [0.05, 0.1) is 13.6 Å². The lowest BCUT2D eigenvalue weighted by Crippen LogP contribution is -2.14. The van der Waals surface area contributed by atoms with E-state index in [2.05, 4.69) is 25.7 Å². The van der Waals surface area contributed by atoms with Crippen molar-refractivity contribution in [2.75, 3.05) is 5.32 Å². The molecule has 0 saturated carbocycles. The number of imidazole rings is 1. The van der Waals surface area contributed by atoms with Gasteiger partial charge in [-0.2, -0.15) is 4.80 Å². The van der Waals surface area contributed by atoms with E-state index in [1.807, 2.05) is 54.1 Å². The van der Waals surface area contributed by atoms with Crippen molar-refractivity contribution in [3.8, 4) is 11.4 Å². The highest BCUT2D eigenvalue weighted by atomic mass is 16.1. The van der Waals surface area contributed by atoms with Crippen LogP contribution in [0.3, 0.4) is 0 Å². The highest BCUT2D eigenvalue weighted by molar-refractivity contribution is 6.04. The number of nitrogens with one attached hydrogen (secondary N) is 1. The molecule has 8 nitrogen and oxygen atoms in total. The van der Waals surface area contributed by atoms with Crippen molar-refractivity contribution in [1.29, 1.82) is 0 Å². The molecular formula is C20H19N7O. The number of benzene rings is 2. The van der Waals surface area contributed by atoms with Crippen molar-refractivity contribution in [1.82, 2.24) is 29.8 Å². The Morgan fingerprint density at radius 2 is 1.89 bits per heavy atom. The minimum atomic E-state index is -0.173. The zero-order chi connectivity index (χ0) is 19.5. The average Bonchev–Trinajstić information content (AvgIpc) is 3.32. The lowest BCUT2D eigenvalue weighted by Gasteiger charge is -2.12. The molecule has 1 N–H and O–H groups in total. The maximum Gasteiger partial charge on any atom is 0.255 e. The summed E-state index contributed by atoms with van der Waals surface area (Å²) >= 11 is 0. The lowest BCUT2D eigenvalue weighted by atomic mass is 10.1. The number of carbonyl (C=O) groups is 1. The molecule has 4 aromatic rings. The zero-order valence-electron chi connectivity index (χ0n) is 15.6. The fraction of sp³-hybridized carbons (Fsp3) is 0.150. The molecule has 1 amide bonds. The quantitative estimate of drug-likeness (QED) is 0.581. The molecule has 0 aliphatic carbocycles. The third kappa shape index (κ3) is 3.66. The van der Waals surface area contributed by atoms with Crippen LogP contribution in [-0.2, 0) is 13.6 Å². The van der Waals surface area contributed by atoms with Crippen molar-refractivity contribution >= 4 is 11.6 Å². The predicted molar refractivity (Wildman–Crippen MR) is 105 cm³/mol. The van der Waals surface area contributed by atoms with Crippen molar-refractivity contribution < 1.29 is 4.79 Å². The Bertz CT molecular complexity index is 1110. The standard InChI is InChI=1S/C20H19N7O/c1-14-21-11-12-27(14)13-17-5-3-4-6-18(17)22-20(28)16-9-7-15(8-10-16)19-23-25-26(2)24-19/h3-12H,13H2,1-2H3,(H,22,28). The van der Waals surface area contributed by atoms with Crippen LogP contribution < -0.4 is 5.32 Å². The minimum Gasteiger partial charge on any atom is -0.331 e. The van der Waals surface area contributed by atoms with E-state index in [1.54, 1.807) is 25.4 Å². The van der Waals surface area contributed by atoms with Gasteiger partial charge in [-0.05, 0) is 35.9 Å². The molecule has 0 spiro atoms. The van der Waals surface area contributed by atoms with Crippen LogP contribution in [0.4, 0.5) is 5.69 Å². The molecule has 0 unspecified atom stereocenters. The van der Waals surface area contributed by atoms with Gasteiger partial charge in [-0.1, -0.05) is 30.3 Å². The molecule has 0 atom stereocenters. The molecule has 0 fully saturated rings. The van der Waals surface area contributed by atoms with Gasteiger partial charge < -0.3 is 9.88 Å². The molecular weight excluding hydrogens is 354 g/mol. The molecule has 0 bridgehead atoms. The average molecular weight is 373 g/mol. The number of tetrazole rings is 1. The number of rotatable bonds is 5.